The van der Waals surface area contributed by atoms with Crippen molar-refractivity contribution in [3.63, 3.8) is 0 Å². The summed E-state index contributed by atoms with van der Waals surface area (Å²) >= 11 is 3.52. The summed E-state index contributed by atoms with van der Waals surface area (Å²) in [5, 5.41) is 7.70. The van der Waals surface area contributed by atoms with Crippen LogP contribution in [0.2, 0.25) is 0 Å². The predicted molar refractivity (Wildman–Crippen MR) is 129 cm³/mol. The highest BCUT2D eigenvalue weighted by Crippen LogP contribution is 2.15. The van der Waals surface area contributed by atoms with Gasteiger partial charge in [0.2, 0.25) is 0 Å². The van der Waals surface area contributed by atoms with Crippen LogP contribution >= 0.6 is 39.9 Å². The van der Waals surface area contributed by atoms with Crippen molar-refractivity contribution in [2.24, 2.45) is 12.0 Å². The van der Waals surface area contributed by atoms with Gasteiger partial charge in [-0.05, 0) is 52.2 Å². The van der Waals surface area contributed by atoms with Crippen molar-refractivity contribution >= 4 is 45.9 Å². The lowest BCUT2D eigenvalue weighted by molar-refractivity contribution is 0.462. The van der Waals surface area contributed by atoms with Crippen LogP contribution in [0, 0.1) is 0 Å². The number of nitrogens with zero attached hydrogens (tertiary/aromatic N) is 5. The Bertz CT molecular complexity index is 886. The maximum Gasteiger partial charge on any atom is 0.193 e. The molecule has 1 aromatic carbocycles. The molecule has 3 rings (SSSR count). The van der Waals surface area contributed by atoms with E-state index in [2.05, 4.69) is 91.4 Å². The topological polar surface area (TPSA) is 50.4 Å². The first-order valence-corrected chi connectivity index (χ1v) is 9.67. The Labute approximate surface area is 191 Å². The van der Waals surface area contributed by atoms with E-state index < -0.39 is 0 Å². The van der Waals surface area contributed by atoms with Crippen LogP contribution in [0.25, 0.3) is 5.69 Å². The van der Waals surface area contributed by atoms with Gasteiger partial charge in [0.15, 0.2) is 5.96 Å². The lowest BCUT2D eigenvalue weighted by Crippen LogP contribution is -2.39. The standard InChI is InChI=1S/C20H25BrN6.HI/c1-22-20(26(3)15-19-13-17(21)14-25(19)2)23-11-9-16-5-7-18(8-6-16)27-12-4-10-24-27;/h4-8,10,12-14H,9,11,15H2,1-3H3,(H,22,23);1H. The molecule has 0 aliphatic rings. The third-order valence-corrected chi connectivity index (χ3v) is 4.88. The Morgan fingerprint density at radius 1 is 1.29 bits per heavy atom. The fourth-order valence-electron chi connectivity index (χ4n) is 2.98. The maximum atomic E-state index is 4.40. The molecule has 0 spiro atoms. The number of aromatic nitrogens is 3. The van der Waals surface area contributed by atoms with Crippen molar-refractivity contribution in [2.45, 2.75) is 13.0 Å². The molecule has 150 valence electrons. The summed E-state index contributed by atoms with van der Waals surface area (Å²) in [6, 6.07) is 12.5. The quantitative estimate of drug-likeness (QED) is 0.285. The van der Waals surface area contributed by atoms with E-state index in [1.165, 1.54) is 11.3 Å². The number of rotatable bonds is 6. The monoisotopic (exact) mass is 556 g/mol. The Kier molecular flexibility index (Phi) is 8.56. The van der Waals surface area contributed by atoms with Crippen LogP contribution in [0.4, 0.5) is 0 Å². The lowest BCUT2D eigenvalue weighted by Gasteiger charge is -2.22. The minimum atomic E-state index is 0. The Morgan fingerprint density at radius 2 is 2.04 bits per heavy atom. The third kappa shape index (κ3) is 5.84. The van der Waals surface area contributed by atoms with Crippen LogP contribution in [0.3, 0.4) is 0 Å². The van der Waals surface area contributed by atoms with E-state index in [1.54, 1.807) is 6.20 Å². The molecule has 0 unspecified atom stereocenters. The van der Waals surface area contributed by atoms with Gasteiger partial charge < -0.3 is 14.8 Å². The first kappa shape index (κ1) is 22.5. The fraction of sp³-hybridized carbons (Fsp3) is 0.300. The Morgan fingerprint density at radius 3 is 2.61 bits per heavy atom. The maximum absolute atomic E-state index is 4.40. The molecule has 0 atom stereocenters. The average molecular weight is 557 g/mol. The molecule has 3 aromatic rings. The zero-order chi connectivity index (χ0) is 19.2. The molecule has 0 bridgehead atoms. The molecular formula is C20H26BrIN6. The number of hydrogen-bond acceptors (Lipinski definition) is 2. The van der Waals surface area contributed by atoms with Crippen molar-refractivity contribution in [2.75, 3.05) is 20.6 Å². The molecule has 1 N–H and O–H groups in total. The molecule has 0 fully saturated rings. The first-order chi connectivity index (χ1) is 13.1. The van der Waals surface area contributed by atoms with E-state index in [-0.39, 0.29) is 24.0 Å². The van der Waals surface area contributed by atoms with Crippen LogP contribution in [-0.2, 0) is 20.0 Å². The summed E-state index contributed by atoms with van der Waals surface area (Å²) in [5.41, 5.74) is 3.57. The molecule has 0 amide bonds. The van der Waals surface area contributed by atoms with Gasteiger partial charge in [-0.25, -0.2) is 4.68 Å². The predicted octanol–water partition coefficient (Wildman–Crippen LogP) is 3.84. The number of guanidine groups is 1. The molecule has 0 radical (unpaired) electrons. The van der Waals surface area contributed by atoms with E-state index in [9.17, 15) is 0 Å². The van der Waals surface area contributed by atoms with E-state index in [0.29, 0.717) is 0 Å². The minimum Gasteiger partial charge on any atom is -0.356 e. The highest BCUT2D eigenvalue weighted by atomic mass is 127. The number of nitrogens with one attached hydrogen (secondary N) is 1. The second-order valence-corrected chi connectivity index (χ2v) is 7.37. The van der Waals surface area contributed by atoms with E-state index >= 15 is 0 Å². The molecule has 0 saturated heterocycles. The molecule has 0 aliphatic carbocycles. The summed E-state index contributed by atoms with van der Waals surface area (Å²) < 4.78 is 5.07. The molecule has 6 nitrogen and oxygen atoms in total. The Balaban J connectivity index is 0.00000280. The van der Waals surface area contributed by atoms with Gasteiger partial charge in [0.1, 0.15) is 0 Å². The van der Waals surface area contributed by atoms with Gasteiger partial charge in [0, 0.05) is 56.4 Å². The smallest absolute Gasteiger partial charge is 0.193 e. The summed E-state index contributed by atoms with van der Waals surface area (Å²) in [6.45, 7) is 1.62. The van der Waals surface area contributed by atoms with E-state index in [1.807, 2.05) is 24.0 Å². The highest BCUT2D eigenvalue weighted by molar-refractivity contribution is 14.0. The normalized spacial score (nSPS) is 11.2. The van der Waals surface area contributed by atoms with Crippen LogP contribution in [0.5, 0.6) is 0 Å². The zero-order valence-electron chi connectivity index (χ0n) is 16.3. The molecular weight excluding hydrogens is 531 g/mol. The van der Waals surface area contributed by atoms with Gasteiger partial charge in [0.05, 0.1) is 12.2 Å². The molecule has 0 saturated carbocycles. The lowest BCUT2D eigenvalue weighted by atomic mass is 10.1. The van der Waals surface area contributed by atoms with Crippen LogP contribution in [0.15, 0.2) is 64.5 Å². The number of halogens is 2. The summed E-state index contributed by atoms with van der Waals surface area (Å²) in [7, 11) is 5.92. The number of aryl methyl sites for hydroxylation is 1. The third-order valence-electron chi connectivity index (χ3n) is 4.45. The second kappa shape index (κ2) is 10.7. The van der Waals surface area contributed by atoms with Gasteiger partial charge >= 0.3 is 0 Å². The summed E-state index contributed by atoms with van der Waals surface area (Å²) in [4.78, 5) is 6.53. The highest BCUT2D eigenvalue weighted by Gasteiger charge is 2.09. The molecule has 2 heterocycles. The Hall–Kier alpha value is -1.81. The number of aliphatic imine (C=N–C) groups is 1. The number of benzene rings is 1. The van der Waals surface area contributed by atoms with E-state index in [4.69, 9.17) is 0 Å². The van der Waals surface area contributed by atoms with Crippen molar-refractivity contribution < 1.29 is 0 Å². The molecule has 2 aromatic heterocycles. The van der Waals surface area contributed by atoms with Gasteiger partial charge in [-0.3, -0.25) is 4.99 Å². The van der Waals surface area contributed by atoms with Gasteiger partial charge in [-0.15, -0.1) is 24.0 Å². The second-order valence-electron chi connectivity index (χ2n) is 6.46. The summed E-state index contributed by atoms with van der Waals surface area (Å²) in [6.07, 6.45) is 6.73. The average Bonchev–Trinajstić information content (AvgIpc) is 3.29. The zero-order valence-corrected chi connectivity index (χ0v) is 20.3. The van der Waals surface area contributed by atoms with Crippen molar-refractivity contribution in [1.29, 1.82) is 0 Å². The van der Waals surface area contributed by atoms with Crippen molar-refractivity contribution in [3.8, 4) is 5.69 Å². The molecule has 0 aliphatic heterocycles. The largest absolute Gasteiger partial charge is 0.356 e. The number of hydrogen-bond donors (Lipinski definition) is 1. The van der Waals surface area contributed by atoms with Crippen LogP contribution < -0.4 is 5.32 Å². The molecule has 8 heteroatoms. The minimum absolute atomic E-state index is 0. The van der Waals surface area contributed by atoms with Crippen molar-refractivity contribution in [1.82, 2.24) is 24.6 Å². The van der Waals surface area contributed by atoms with Crippen LogP contribution in [-0.4, -0.2) is 45.8 Å². The van der Waals surface area contributed by atoms with Crippen molar-refractivity contribution in [3.05, 3.63) is 70.7 Å². The van der Waals surface area contributed by atoms with Crippen LogP contribution in [0.1, 0.15) is 11.3 Å². The SMILES string of the molecule is CN=C(NCCc1ccc(-n2cccn2)cc1)N(C)Cc1cc(Br)cn1C.I. The fourth-order valence-corrected chi connectivity index (χ4v) is 3.55. The summed E-state index contributed by atoms with van der Waals surface area (Å²) in [5.74, 6) is 0.889. The van der Waals surface area contributed by atoms with Gasteiger partial charge in [0.25, 0.3) is 0 Å². The van der Waals surface area contributed by atoms with E-state index in [0.717, 1.165) is 35.6 Å². The van der Waals surface area contributed by atoms with Gasteiger partial charge in [-0.1, -0.05) is 12.1 Å². The van der Waals surface area contributed by atoms with Gasteiger partial charge in [-0.2, -0.15) is 5.10 Å². The first-order valence-electron chi connectivity index (χ1n) is 8.88. The molecule has 28 heavy (non-hydrogen) atoms.